The second-order valence-corrected chi connectivity index (χ2v) is 8.12. The molecule has 1 N–H and O–H groups in total. The van der Waals surface area contributed by atoms with Crippen LogP contribution in [0, 0.1) is 0 Å². The molecule has 0 aliphatic heterocycles. The van der Waals surface area contributed by atoms with Gasteiger partial charge in [-0.25, -0.2) is 13.4 Å². The van der Waals surface area contributed by atoms with Crippen LogP contribution in [0.25, 0.3) is 22.0 Å². The third-order valence-corrected chi connectivity index (χ3v) is 6.14. The SMILES string of the molecule is COc1cccc(/C=C(/c2nc3ccccc3[nH]2)S(=O)(=O)c2ccccc2)c1. The number of benzene rings is 3. The molecule has 0 saturated heterocycles. The van der Waals surface area contributed by atoms with Crippen molar-refractivity contribution in [3.63, 3.8) is 0 Å². The Hall–Kier alpha value is -3.38. The Kier molecular flexibility index (Phi) is 4.71. The minimum absolute atomic E-state index is 0.100. The molecule has 0 aliphatic rings. The summed E-state index contributed by atoms with van der Waals surface area (Å²) in [5, 5.41) is 0. The third kappa shape index (κ3) is 3.42. The molecule has 28 heavy (non-hydrogen) atoms. The first-order valence-electron chi connectivity index (χ1n) is 8.69. The van der Waals surface area contributed by atoms with Gasteiger partial charge in [-0.1, -0.05) is 42.5 Å². The number of imidazole rings is 1. The predicted octanol–water partition coefficient (Wildman–Crippen LogP) is 4.54. The summed E-state index contributed by atoms with van der Waals surface area (Å²) in [5.74, 6) is 0.947. The smallest absolute Gasteiger partial charge is 0.210 e. The largest absolute Gasteiger partial charge is 0.497 e. The highest BCUT2D eigenvalue weighted by Crippen LogP contribution is 2.30. The number of nitrogens with one attached hydrogen (secondary N) is 1. The Balaban J connectivity index is 1.94. The highest BCUT2D eigenvalue weighted by molar-refractivity contribution is 8.00. The molecule has 5 nitrogen and oxygen atoms in total. The van der Waals surface area contributed by atoms with Gasteiger partial charge in [0.1, 0.15) is 16.5 Å². The van der Waals surface area contributed by atoms with Crippen molar-refractivity contribution in [2.75, 3.05) is 7.11 Å². The molecule has 0 aliphatic carbocycles. The highest BCUT2D eigenvalue weighted by atomic mass is 32.2. The van der Waals surface area contributed by atoms with Crippen LogP contribution in [0.2, 0.25) is 0 Å². The lowest BCUT2D eigenvalue weighted by molar-refractivity contribution is 0.414. The van der Waals surface area contributed by atoms with Crippen molar-refractivity contribution in [1.29, 1.82) is 0 Å². The van der Waals surface area contributed by atoms with Crippen molar-refractivity contribution in [1.82, 2.24) is 9.97 Å². The van der Waals surface area contributed by atoms with Crippen LogP contribution in [0.4, 0.5) is 0 Å². The van der Waals surface area contributed by atoms with Crippen molar-refractivity contribution >= 4 is 31.9 Å². The van der Waals surface area contributed by atoms with Crippen molar-refractivity contribution < 1.29 is 13.2 Å². The first kappa shape index (κ1) is 18.0. The molecule has 140 valence electrons. The number of hydrogen-bond donors (Lipinski definition) is 1. The van der Waals surface area contributed by atoms with E-state index in [-0.39, 0.29) is 9.80 Å². The number of H-pyrrole nitrogens is 1. The van der Waals surface area contributed by atoms with Gasteiger partial charge in [0.15, 0.2) is 0 Å². The number of sulfone groups is 1. The summed E-state index contributed by atoms with van der Waals surface area (Å²) in [4.78, 5) is 7.95. The summed E-state index contributed by atoms with van der Waals surface area (Å²) >= 11 is 0. The third-order valence-electron chi connectivity index (χ3n) is 4.36. The van der Waals surface area contributed by atoms with Crippen molar-refractivity contribution in [3.05, 3.63) is 90.3 Å². The Labute approximate surface area is 163 Å². The van der Waals surface area contributed by atoms with Gasteiger partial charge in [0, 0.05) is 0 Å². The normalized spacial score (nSPS) is 12.2. The number of ether oxygens (including phenoxy) is 1. The summed E-state index contributed by atoms with van der Waals surface area (Å²) in [6.45, 7) is 0. The molecule has 0 saturated carbocycles. The number of hydrogen-bond acceptors (Lipinski definition) is 4. The van der Waals surface area contributed by atoms with Crippen molar-refractivity contribution in [3.8, 4) is 5.75 Å². The zero-order chi connectivity index (χ0) is 19.6. The molecule has 4 rings (SSSR count). The predicted molar refractivity (Wildman–Crippen MR) is 111 cm³/mol. The first-order valence-corrected chi connectivity index (χ1v) is 10.2. The molecule has 0 spiro atoms. The second kappa shape index (κ2) is 7.32. The number of fused-ring (bicyclic) bond motifs is 1. The monoisotopic (exact) mass is 390 g/mol. The van der Waals surface area contributed by atoms with E-state index in [2.05, 4.69) is 9.97 Å². The fraction of sp³-hybridized carbons (Fsp3) is 0.0455. The number of para-hydroxylation sites is 2. The van der Waals surface area contributed by atoms with E-state index >= 15 is 0 Å². The summed E-state index contributed by atoms with van der Waals surface area (Å²) in [6.07, 6.45) is 1.61. The molecule has 6 heteroatoms. The van der Waals surface area contributed by atoms with Gasteiger partial charge in [0.2, 0.25) is 9.84 Å². The lowest BCUT2D eigenvalue weighted by atomic mass is 10.2. The maximum absolute atomic E-state index is 13.4. The van der Waals surface area contributed by atoms with Gasteiger partial charge in [-0.05, 0) is 48.0 Å². The Morgan fingerprint density at radius 1 is 0.964 bits per heavy atom. The molecule has 0 radical (unpaired) electrons. The lowest BCUT2D eigenvalue weighted by Gasteiger charge is -2.08. The van der Waals surface area contributed by atoms with E-state index < -0.39 is 9.84 Å². The van der Waals surface area contributed by atoms with Crippen molar-refractivity contribution in [2.24, 2.45) is 0 Å². The molecule has 0 bridgehead atoms. The van der Waals surface area contributed by atoms with E-state index in [9.17, 15) is 8.42 Å². The summed E-state index contributed by atoms with van der Waals surface area (Å²) in [7, 11) is -2.22. The van der Waals surface area contributed by atoms with Gasteiger partial charge in [-0.2, -0.15) is 0 Å². The maximum atomic E-state index is 13.4. The van der Waals surface area contributed by atoms with Gasteiger partial charge in [0.25, 0.3) is 0 Å². The van der Waals surface area contributed by atoms with Crippen LogP contribution < -0.4 is 4.74 Å². The molecule has 1 aromatic heterocycles. The molecule has 0 atom stereocenters. The van der Waals surface area contributed by atoms with Crippen LogP contribution in [-0.2, 0) is 9.84 Å². The lowest BCUT2D eigenvalue weighted by Crippen LogP contribution is -2.05. The average molecular weight is 390 g/mol. The van der Waals surface area contributed by atoms with Gasteiger partial charge in [0.05, 0.1) is 23.0 Å². The second-order valence-electron chi connectivity index (χ2n) is 6.20. The maximum Gasteiger partial charge on any atom is 0.210 e. The number of rotatable bonds is 5. The number of methoxy groups -OCH3 is 1. The van der Waals surface area contributed by atoms with Gasteiger partial charge < -0.3 is 9.72 Å². The summed E-state index contributed by atoms with van der Waals surface area (Å²) in [5.41, 5.74) is 2.18. The van der Waals surface area contributed by atoms with Crippen LogP contribution in [0.15, 0.2) is 83.8 Å². The molecule has 3 aromatic carbocycles. The number of nitrogens with zero attached hydrogens (tertiary/aromatic N) is 1. The fourth-order valence-corrected chi connectivity index (χ4v) is 4.36. The van der Waals surface area contributed by atoms with Crippen LogP contribution in [0.5, 0.6) is 5.75 Å². The molecule has 1 heterocycles. The minimum atomic E-state index is -3.79. The molecular formula is C22H18N2O3S. The molecular weight excluding hydrogens is 372 g/mol. The summed E-state index contributed by atoms with van der Waals surface area (Å²) < 4.78 is 32.1. The van der Waals surface area contributed by atoms with E-state index in [1.807, 2.05) is 42.5 Å². The Bertz CT molecular complexity index is 1230. The topological polar surface area (TPSA) is 72.0 Å². The minimum Gasteiger partial charge on any atom is -0.497 e. The average Bonchev–Trinajstić information content (AvgIpc) is 3.16. The van der Waals surface area contributed by atoms with E-state index in [1.54, 1.807) is 49.6 Å². The molecule has 0 fully saturated rings. The Morgan fingerprint density at radius 3 is 2.46 bits per heavy atom. The zero-order valence-electron chi connectivity index (χ0n) is 15.2. The van der Waals surface area contributed by atoms with E-state index in [4.69, 9.17) is 4.74 Å². The molecule has 0 unspecified atom stereocenters. The first-order chi connectivity index (χ1) is 13.6. The van der Waals surface area contributed by atoms with Gasteiger partial charge in [-0.15, -0.1) is 0 Å². The molecule has 4 aromatic rings. The summed E-state index contributed by atoms with van der Waals surface area (Å²) in [6, 6.07) is 23.0. The fourth-order valence-electron chi connectivity index (χ4n) is 2.95. The standard InChI is InChI=1S/C22H18N2O3S/c1-27-17-9-7-8-16(14-17)15-21(28(25,26)18-10-3-2-4-11-18)22-23-19-12-5-6-13-20(19)24-22/h2-15H,1H3,(H,23,24)/b21-15-. The quantitative estimate of drug-likeness (QED) is 0.543. The zero-order valence-corrected chi connectivity index (χ0v) is 16.0. The van der Waals surface area contributed by atoms with E-state index in [1.165, 1.54) is 0 Å². The number of aromatic amines is 1. The van der Waals surface area contributed by atoms with Crippen LogP contribution >= 0.6 is 0 Å². The van der Waals surface area contributed by atoms with Gasteiger partial charge >= 0.3 is 0 Å². The Morgan fingerprint density at radius 2 is 1.71 bits per heavy atom. The van der Waals surface area contributed by atoms with Crippen molar-refractivity contribution in [2.45, 2.75) is 4.90 Å². The van der Waals surface area contributed by atoms with Crippen LogP contribution in [0.1, 0.15) is 11.4 Å². The van der Waals surface area contributed by atoms with E-state index in [0.717, 1.165) is 5.52 Å². The highest BCUT2D eigenvalue weighted by Gasteiger charge is 2.25. The van der Waals surface area contributed by atoms with Gasteiger partial charge in [-0.3, -0.25) is 0 Å². The number of aromatic nitrogens is 2. The molecule has 0 amide bonds. The van der Waals surface area contributed by atoms with Crippen LogP contribution in [-0.4, -0.2) is 25.5 Å². The van der Waals surface area contributed by atoms with E-state index in [0.29, 0.717) is 22.7 Å². The van der Waals surface area contributed by atoms with Crippen LogP contribution in [0.3, 0.4) is 0 Å².